The highest BCUT2D eigenvalue weighted by molar-refractivity contribution is 5.69. The van der Waals surface area contributed by atoms with Crippen LogP contribution in [0.25, 0.3) is 0 Å². The van der Waals surface area contributed by atoms with Crippen LogP contribution in [-0.4, -0.2) is 36.2 Å². The number of likely N-dealkylation sites (tertiary alicyclic amines) is 1. The van der Waals surface area contributed by atoms with Crippen molar-refractivity contribution in [3.8, 4) is 0 Å². The highest BCUT2D eigenvalue weighted by atomic mass is 16.6. The van der Waals surface area contributed by atoms with E-state index in [1.165, 1.54) is 6.42 Å². The lowest BCUT2D eigenvalue weighted by atomic mass is 9.79. The predicted molar refractivity (Wildman–Crippen MR) is 82.0 cm³/mol. The number of ether oxygens (including phenoxy) is 1. The van der Waals surface area contributed by atoms with E-state index in [1.54, 1.807) is 0 Å². The van der Waals surface area contributed by atoms with Crippen molar-refractivity contribution in [1.82, 2.24) is 10.2 Å². The van der Waals surface area contributed by atoms with Crippen molar-refractivity contribution in [2.45, 2.75) is 44.2 Å². The average molecular weight is 288 g/mol. The van der Waals surface area contributed by atoms with Gasteiger partial charge < -0.3 is 15.0 Å². The number of carbonyl (C=O) groups is 1. The monoisotopic (exact) mass is 288 g/mol. The third-order valence-electron chi connectivity index (χ3n) is 4.81. The van der Waals surface area contributed by atoms with Crippen LogP contribution in [0.1, 0.15) is 37.7 Å². The van der Waals surface area contributed by atoms with Crippen molar-refractivity contribution in [3.05, 3.63) is 35.9 Å². The van der Waals surface area contributed by atoms with Gasteiger partial charge in [0.05, 0.1) is 0 Å². The van der Waals surface area contributed by atoms with Gasteiger partial charge in [-0.1, -0.05) is 30.3 Å². The largest absolute Gasteiger partial charge is 0.445 e. The SMILES string of the molecule is O=C(OCc1ccccc1)N1CCCCC12CCNCC2. The van der Waals surface area contributed by atoms with Crippen molar-refractivity contribution < 1.29 is 9.53 Å². The summed E-state index contributed by atoms with van der Waals surface area (Å²) in [5.74, 6) is 0. The Hall–Kier alpha value is -1.55. The fourth-order valence-electron chi connectivity index (χ4n) is 3.59. The molecule has 4 nitrogen and oxygen atoms in total. The van der Waals surface area contributed by atoms with Crippen molar-refractivity contribution >= 4 is 6.09 Å². The molecule has 0 saturated carbocycles. The Bertz CT molecular complexity index is 461. The number of carbonyl (C=O) groups excluding carboxylic acids is 1. The summed E-state index contributed by atoms with van der Waals surface area (Å²) >= 11 is 0. The molecule has 4 heteroatoms. The van der Waals surface area contributed by atoms with Gasteiger partial charge in [-0.3, -0.25) is 0 Å². The minimum Gasteiger partial charge on any atom is -0.445 e. The van der Waals surface area contributed by atoms with Gasteiger partial charge in [-0.05, 0) is 50.8 Å². The molecule has 0 aliphatic carbocycles. The lowest BCUT2D eigenvalue weighted by molar-refractivity contribution is 0.00782. The first-order chi connectivity index (χ1) is 10.3. The maximum Gasteiger partial charge on any atom is 0.410 e. The summed E-state index contributed by atoms with van der Waals surface area (Å²) < 4.78 is 5.56. The fourth-order valence-corrected chi connectivity index (χ4v) is 3.59. The lowest BCUT2D eigenvalue weighted by Gasteiger charge is -2.48. The van der Waals surface area contributed by atoms with Crippen LogP contribution in [0.15, 0.2) is 30.3 Å². The molecule has 1 aromatic rings. The molecule has 1 aromatic carbocycles. The zero-order valence-corrected chi connectivity index (χ0v) is 12.5. The van der Waals surface area contributed by atoms with Gasteiger partial charge >= 0.3 is 6.09 Å². The first kappa shape index (κ1) is 14.4. The zero-order valence-electron chi connectivity index (χ0n) is 12.5. The highest BCUT2D eigenvalue weighted by Crippen LogP contribution is 2.36. The Kier molecular flexibility index (Phi) is 4.44. The van der Waals surface area contributed by atoms with Crippen LogP contribution in [-0.2, 0) is 11.3 Å². The topological polar surface area (TPSA) is 41.6 Å². The van der Waals surface area contributed by atoms with E-state index in [0.29, 0.717) is 6.61 Å². The molecule has 0 atom stereocenters. The molecule has 3 rings (SSSR count). The number of nitrogens with zero attached hydrogens (tertiary/aromatic N) is 1. The minimum atomic E-state index is -0.138. The van der Waals surface area contributed by atoms with E-state index in [1.807, 2.05) is 35.2 Å². The van der Waals surface area contributed by atoms with Gasteiger partial charge in [0.25, 0.3) is 0 Å². The molecule has 2 heterocycles. The molecular formula is C17H24N2O2. The molecule has 2 fully saturated rings. The molecule has 114 valence electrons. The zero-order chi connectivity index (χ0) is 14.5. The van der Waals surface area contributed by atoms with E-state index in [4.69, 9.17) is 4.74 Å². The molecule has 0 bridgehead atoms. The van der Waals surface area contributed by atoms with Crippen LogP contribution < -0.4 is 5.32 Å². The number of hydrogen-bond acceptors (Lipinski definition) is 3. The molecule has 1 N–H and O–H groups in total. The van der Waals surface area contributed by atoms with Crippen molar-refractivity contribution in [1.29, 1.82) is 0 Å². The molecule has 1 amide bonds. The Balaban J connectivity index is 1.64. The second-order valence-electron chi connectivity index (χ2n) is 6.12. The van der Waals surface area contributed by atoms with Crippen LogP contribution in [0.2, 0.25) is 0 Å². The lowest BCUT2D eigenvalue weighted by Crippen LogP contribution is -2.58. The van der Waals surface area contributed by atoms with E-state index in [9.17, 15) is 4.79 Å². The van der Waals surface area contributed by atoms with Gasteiger partial charge in [-0.25, -0.2) is 4.79 Å². The van der Waals surface area contributed by atoms with Crippen LogP contribution in [0, 0.1) is 0 Å². The molecule has 0 aromatic heterocycles. The smallest absolute Gasteiger partial charge is 0.410 e. The summed E-state index contributed by atoms with van der Waals surface area (Å²) in [6.45, 7) is 3.21. The molecule has 2 aliphatic heterocycles. The number of amides is 1. The van der Waals surface area contributed by atoms with E-state index < -0.39 is 0 Å². The molecule has 2 saturated heterocycles. The van der Waals surface area contributed by atoms with E-state index >= 15 is 0 Å². The number of benzene rings is 1. The Morgan fingerprint density at radius 1 is 1.14 bits per heavy atom. The highest BCUT2D eigenvalue weighted by Gasteiger charge is 2.42. The van der Waals surface area contributed by atoms with Crippen LogP contribution in [0.4, 0.5) is 4.79 Å². The summed E-state index contributed by atoms with van der Waals surface area (Å²) in [5, 5.41) is 3.39. The minimum absolute atomic E-state index is 0.0390. The molecule has 2 aliphatic rings. The van der Waals surface area contributed by atoms with Crippen molar-refractivity contribution in [3.63, 3.8) is 0 Å². The summed E-state index contributed by atoms with van der Waals surface area (Å²) in [6.07, 6.45) is 5.40. The Morgan fingerprint density at radius 3 is 2.67 bits per heavy atom. The first-order valence-corrected chi connectivity index (χ1v) is 7.99. The van der Waals surface area contributed by atoms with E-state index in [-0.39, 0.29) is 11.6 Å². The van der Waals surface area contributed by atoms with Gasteiger partial charge in [0, 0.05) is 12.1 Å². The van der Waals surface area contributed by atoms with Crippen LogP contribution in [0.5, 0.6) is 0 Å². The molecular weight excluding hydrogens is 264 g/mol. The van der Waals surface area contributed by atoms with Crippen molar-refractivity contribution in [2.75, 3.05) is 19.6 Å². The second kappa shape index (κ2) is 6.48. The summed E-state index contributed by atoms with van der Waals surface area (Å²) in [7, 11) is 0. The third kappa shape index (κ3) is 3.21. The Labute approximate surface area is 126 Å². The second-order valence-corrected chi connectivity index (χ2v) is 6.12. The van der Waals surface area contributed by atoms with Gasteiger partial charge in [-0.2, -0.15) is 0 Å². The number of piperidine rings is 2. The fraction of sp³-hybridized carbons (Fsp3) is 0.588. The molecule has 0 radical (unpaired) electrons. The van der Waals surface area contributed by atoms with Gasteiger partial charge in [-0.15, -0.1) is 0 Å². The summed E-state index contributed by atoms with van der Waals surface area (Å²) in [5.41, 5.74) is 1.08. The van der Waals surface area contributed by atoms with Crippen LogP contribution in [0.3, 0.4) is 0 Å². The van der Waals surface area contributed by atoms with E-state index in [0.717, 1.165) is 50.9 Å². The molecule has 0 unspecified atom stereocenters. The van der Waals surface area contributed by atoms with Gasteiger partial charge in [0.1, 0.15) is 6.61 Å². The Morgan fingerprint density at radius 2 is 1.90 bits per heavy atom. The molecule has 21 heavy (non-hydrogen) atoms. The molecule has 1 spiro atoms. The van der Waals surface area contributed by atoms with Gasteiger partial charge in [0.2, 0.25) is 0 Å². The quantitative estimate of drug-likeness (QED) is 0.909. The predicted octanol–water partition coefficient (Wildman–Crippen LogP) is 2.93. The average Bonchev–Trinajstić information content (AvgIpc) is 2.55. The number of nitrogens with one attached hydrogen (secondary N) is 1. The maximum atomic E-state index is 12.5. The normalized spacial score (nSPS) is 21.2. The number of rotatable bonds is 2. The number of hydrogen-bond donors (Lipinski definition) is 1. The van der Waals surface area contributed by atoms with E-state index in [2.05, 4.69) is 5.32 Å². The maximum absolute atomic E-state index is 12.5. The van der Waals surface area contributed by atoms with Crippen LogP contribution >= 0.6 is 0 Å². The first-order valence-electron chi connectivity index (χ1n) is 7.99. The van der Waals surface area contributed by atoms with Gasteiger partial charge in [0.15, 0.2) is 0 Å². The summed E-state index contributed by atoms with van der Waals surface area (Å²) in [4.78, 5) is 14.5. The summed E-state index contributed by atoms with van der Waals surface area (Å²) in [6, 6.07) is 9.89. The standard InChI is InChI=1S/C17H24N2O2/c20-16(21-14-15-6-2-1-3-7-15)19-13-5-4-8-17(19)9-11-18-12-10-17/h1-3,6-7,18H,4-5,8-14H2. The van der Waals surface area contributed by atoms with Crippen molar-refractivity contribution in [2.24, 2.45) is 0 Å². The third-order valence-corrected chi connectivity index (χ3v) is 4.81.